The van der Waals surface area contributed by atoms with E-state index in [1.165, 1.54) is 11.3 Å². The first-order chi connectivity index (χ1) is 7.61. The summed E-state index contributed by atoms with van der Waals surface area (Å²) in [5.41, 5.74) is 2.83. The highest BCUT2D eigenvalue weighted by atomic mass is 35.5. The number of rotatable bonds is 2. The second-order valence-electron chi connectivity index (χ2n) is 3.73. The van der Waals surface area contributed by atoms with Gasteiger partial charge in [-0.3, -0.25) is 4.98 Å². The molecule has 2 rings (SSSR count). The van der Waals surface area contributed by atoms with Gasteiger partial charge >= 0.3 is 0 Å². The van der Waals surface area contributed by atoms with Gasteiger partial charge in [-0.2, -0.15) is 0 Å². The molecule has 0 radical (unpaired) electrons. The van der Waals surface area contributed by atoms with Gasteiger partial charge < -0.3 is 5.11 Å². The van der Waals surface area contributed by atoms with E-state index in [1.807, 2.05) is 25.3 Å². The topological polar surface area (TPSA) is 33.1 Å². The number of hydrogen-bond acceptors (Lipinski definition) is 3. The van der Waals surface area contributed by atoms with Crippen molar-refractivity contribution in [3.05, 3.63) is 50.4 Å². The second-order valence-corrected chi connectivity index (χ2v) is 5.02. The Morgan fingerprint density at radius 3 is 2.69 bits per heavy atom. The number of aliphatic hydroxyl groups is 1. The predicted octanol–water partition coefficient (Wildman–Crippen LogP) is 3.50. The zero-order valence-electron chi connectivity index (χ0n) is 9.07. The molecule has 0 aliphatic heterocycles. The number of aromatic nitrogens is 1. The van der Waals surface area contributed by atoms with E-state index >= 15 is 0 Å². The van der Waals surface area contributed by atoms with Crippen LogP contribution in [0.1, 0.15) is 27.7 Å². The van der Waals surface area contributed by atoms with E-state index in [0.717, 1.165) is 21.6 Å². The van der Waals surface area contributed by atoms with Crippen molar-refractivity contribution in [1.82, 2.24) is 4.98 Å². The number of aryl methyl sites for hydroxylation is 2. The molecule has 2 aromatic heterocycles. The van der Waals surface area contributed by atoms with Crippen LogP contribution in [0.15, 0.2) is 23.8 Å². The molecule has 0 spiro atoms. The Balaban J connectivity index is 2.43. The van der Waals surface area contributed by atoms with Crippen LogP contribution >= 0.6 is 22.9 Å². The van der Waals surface area contributed by atoms with Crippen LogP contribution in [0.4, 0.5) is 0 Å². The summed E-state index contributed by atoms with van der Waals surface area (Å²) in [7, 11) is 0. The third kappa shape index (κ3) is 1.98. The molecule has 0 saturated carbocycles. The molecule has 1 atom stereocenters. The fraction of sp³-hybridized carbons (Fsp3) is 0.250. The SMILES string of the molecule is Cc1ccncc1C(O)c1scc(C)c1Cl. The van der Waals surface area contributed by atoms with Crippen molar-refractivity contribution < 1.29 is 5.11 Å². The van der Waals surface area contributed by atoms with Crippen LogP contribution in [0.3, 0.4) is 0 Å². The fourth-order valence-corrected chi connectivity index (χ4v) is 2.84. The summed E-state index contributed by atoms with van der Waals surface area (Å²) >= 11 is 7.61. The average molecular weight is 254 g/mol. The van der Waals surface area contributed by atoms with Crippen molar-refractivity contribution >= 4 is 22.9 Å². The van der Waals surface area contributed by atoms with Crippen LogP contribution in [-0.2, 0) is 0 Å². The lowest BCUT2D eigenvalue weighted by atomic mass is 10.1. The molecular formula is C12H12ClNOS. The summed E-state index contributed by atoms with van der Waals surface area (Å²) in [6.07, 6.45) is 2.72. The molecule has 2 aromatic rings. The van der Waals surface area contributed by atoms with Gasteiger partial charge in [0.05, 0.1) is 9.90 Å². The van der Waals surface area contributed by atoms with E-state index in [0.29, 0.717) is 5.02 Å². The first-order valence-electron chi connectivity index (χ1n) is 4.93. The summed E-state index contributed by atoms with van der Waals surface area (Å²) < 4.78 is 0. The normalized spacial score (nSPS) is 12.8. The van der Waals surface area contributed by atoms with Crippen molar-refractivity contribution in [3.8, 4) is 0 Å². The van der Waals surface area contributed by atoms with Crippen LogP contribution in [0.5, 0.6) is 0 Å². The van der Waals surface area contributed by atoms with Crippen molar-refractivity contribution in [2.45, 2.75) is 20.0 Å². The van der Waals surface area contributed by atoms with Crippen LogP contribution in [0.2, 0.25) is 5.02 Å². The van der Waals surface area contributed by atoms with E-state index in [-0.39, 0.29) is 0 Å². The molecule has 0 fully saturated rings. The van der Waals surface area contributed by atoms with E-state index in [9.17, 15) is 5.11 Å². The summed E-state index contributed by atoms with van der Waals surface area (Å²) in [5, 5.41) is 12.9. The lowest BCUT2D eigenvalue weighted by Crippen LogP contribution is -2.01. The quantitative estimate of drug-likeness (QED) is 0.889. The molecule has 0 aliphatic carbocycles. The molecule has 84 valence electrons. The lowest BCUT2D eigenvalue weighted by molar-refractivity contribution is 0.223. The van der Waals surface area contributed by atoms with E-state index in [1.54, 1.807) is 12.4 Å². The van der Waals surface area contributed by atoms with E-state index in [4.69, 9.17) is 11.6 Å². The Bertz CT molecular complexity index is 509. The Hall–Kier alpha value is -0.900. The Morgan fingerprint density at radius 1 is 1.38 bits per heavy atom. The van der Waals surface area contributed by atoms with Gasteiger partial charge in [-0.05, 0) is 36.4 Å². The van der Waals surface area contributed by atoms with Gasteiger partial charge in [0.1, 0.15) is 6.10 Å². The molecule has 0 aliphatic rings. The average Bonchev–Trinajstić information content (AvgIpc) is 2.60. The lowest BCUT2D eigenvalue weighted by Gasteiger charge is -2.12. The number of thiophene rings is 1. The van der Waals surface area contributed by atoms with Crippen LogP contribution in [0, 0.1) is 13.8 Å². The molecular weight excluding hydrogens is 242 g/mol. The van der Waals surface area contributed by atoms with Crippen LogP contribution in [-0.4, -0.2) is 10.1 Å². The minimum Gasteiger partial charge on any atom is -0.383 e. The highest BCUT2D eigenvalue weighted by Crippen LogP contribution is 2.36. The van der Waals surface area contributed by atoms with Crippen molar-refractivity contribution in [3.63, 3.8) is 0 Å². The third-order valence-electron chi connectivity index (χ3n) is 2.55. The van der Waals surface area contributed by atoms with E-state index in [2.05, 4.69) is 4.98 Å². The number of hydrogen-bond donors (Lipinski definition) is 1. The van der Waals surface area contributed by atoms with Crippen molar-refractivity contribution in [2.75, 3.05) is 0 Å². The van der Waals surface area contributed by atoms with Gasteiger partial charge in [0.15, 0.2) is 0 Å². The zero-order valence-corrected chi connectivity index (χ0v) is 10.6. The Morgan fingerprint density at radius 2 is 2.12 bits per heavy atom. The number of aliphatic hydroxyl groups excluding tert-OH is 1. The van der Waals surface area contributed by atoms with Gasteiger partial charge in [0, 0.05) is 18.0 Å². The highest BCUT2D eigenvalue weighted by Gasteiger charge is 2.18. The second kappa shape index (κ2) is 4.53. The van der Waals surface area contributed by atoms with Crippen molar-refractivity contribution in [1.29, 1.82) is 0 Å². The zero-order chi connectivity index (χ0) is 11.7. The third-order valence-corrected chi connectivity index (χ3v) is 4.31. The summed E-state index contributed by atoms with van der Waals surface area (Å²) in [5.74, 6) is 0. The van der Waals surface area contributed by atoms with Gasteiger partial charge in [-0.1, -0.05) is 11.6 Å². The maximum absolute atomic E-state index is 10.3. The van der Waals surface area contributed by atoms with Gasteiger partial charge in [0.25, 0.3) is 0 Å². The molecule has 0 bridgehead atoms. The first-order valence-corrected chi connectivity index (χ1v) is 6.19. The Kier molecular flexibility index (Phi) is 3.28. The molecule has 0 aromatic carbocycles. The largest absolute Gasteiger partial charge is 0.383 e. The van der Waals surface area contributed by atoms with Gasteiger partial charge in [0.2, 0.25) is 0 Å². The maximum Gasteiger partial charge on any atom is 0.116 e. The molecule has 16 heavy (non-hydrogen) atoms. The maximum atomic E-state index is 10.3. The van der Waals surface area contributed by atoms with Crippen LogP contribution < -0.4 is 0 Å². The highest BCUT2D eigenvalue weighted by molar-refractivity contribution is 7.10. The summed E-state index contributed by atoms with van der Waals surface area (Å²) in [6, 6.07) is 1.88. The fourth-order valence-electron chi connectivity index (χ4n) is 1.54. The molecule has 1 unspecified atom stereocenters. The molecule has 2 heterocycles. The standard InChI is InChI=1S/C12H12ClNOS/c1-7-3-4-14-5-9(7)11(15)12-10(13)8(2)6-16-12/h3-6,11,15H,1-2H3. The molecule has 1 N–H and O–H groups in total. The monoisotopic (exact) mass is 253 g/mol. The predicted molar refractivity (Wildman–Crippen MR) is 67.1 cm³/mol. The molecule has 2 nitrogen and oxygen atoms in total. The molecule has 4 heteroatoms. The summed E-state index contributed by atoms with van der Waals surface area (Å²) in [6.45, 7) is 3.89. The van der Waals surface area contributed by atoms with Crippen molar-refractivity contribution in [2.24, 2.45) is 0 Å². The Labute approximate surface area is 104 Å². The van der Waals surface area contributed by atoms with E-state index < -0.39 is 6.10 Å². The number of halogens is 1. The first kappa shape index (κ1) is 11.6. The number of pyridine rings is 1. The minimum atomic E-state index is -0.681. The summed E-state index contributed by atoms with van der Waals surface area (Å²) in [4.78, 5) is 4.82. The minimum absolute atomic E-state index is 0.653. The van der Waals surface area contributed by atoms with Gasteiger partial charge in [-0.15, -0.1) is 11.3 Å². The molecule has 0 saturated heterocycles. The van der Waals surface area contributed by atoms with Gasteiger partial charge in [-0.25, -0.2) is 0 Å². The molecule has 0 amide bonds. The number of nitrogens with zero attached hydrogens (tertiary/aromatic N) is 1. The smallest absolute Gasteiger partial charge is 0.116 e. The van der Waals surface area contributed by atoms with Crippen LogP contribution in [0.25, 0.3) is 0 Å².